The van der Waals surface area contributed by atoms with Crippen LogP contribution < -0.4 is 0 Å². The van der Waals surface area contributed by atoms with Crippen molar-refractivity contribution in [3.8, 4) is 11.8 Å². The quantitative estimate of drug-likeness (QED) is 0.314. The second-order valence-electron chi connectivity index (χ2n) is 5.81. The lowest BCUT2D eigenvalue weighted by Crippen LogP contribution is -1.96. The van der Waals surface area contributed by atoms with E-state index < -0.39 is 6.10 Å². The summed E-state index contributed by atoms with van der Waals surface area (Å²) in [6.45, 7) is -0.257. The van der Waals surface area contributed by atoms with Gasteiger partial charge in [-0.05, 0) is 44.5 Å². The molecule has 1 unspecified atom stereocenters. The molecule has 2 heteroatoms. The molecule has 0 saturated carbocycles. The Morgan fingerprint density at radius 3 is 2.29 bits per heavy atom. The smallest absolute Gasteiger partial charge is 0.140 e. The molecule has 0 aliphatic rings. The van der Waals surface area contributed by atoms with Gasteiger partial charge in [0.05, 0.1) is 0 Å². The molecule has 1 atom stereocenters. The van der Waals surface area contributed by atoms with Gasteiger partial charge >= 0.3 is 0 Å². The second kappa shape index (κ2) is 5.98. The van der Waals surface area contributed by atoms with Gasteiger partial charge in [-0.25, -0.2) is 0 Å². The zero-order valence-electron chi connectivity index (χ0n) is 13.0. The van der Waals surface area contributed by atoms with Crippen LogP contribution in [0.2, 0.25) is 0 Å². The van der Waals surface area contributed by atoms with Crippen molar-refractivity contribution in [2.45, 2.75) is 6.10 Å². The van der Waals surface area contributed by atoms with E-state index >= 15 is 0 Å². The first-order chi connectivity index (χ1) is 11.8. The van der Waals surface area contributed by atoms with E-state index in [4.69, 9.17) is 5.11 Å². The van der Waals surface area contributed by atoms with E-state index in [1.54, 1.807) is 0 Å². The van der Waals surface area contributed by atoms with Gasteiger partial charge < -0.3 is 10.2 Å². The van der Waals surface area contributed by atoms with Gasteiger partial charge in [0.1, 0.15) is 12.7 Å². The van der Waals surface area contributed by atoms with Gasteiger partial charge in [0, 0.05) is 5.56 Å². The number of hydrogen-bond donors (Lipinski definition) is 2. The molecule has 0 fully saturated rings. The van der Waals surface area contributed by atoms with Crippen molar-refractivity contribution >= 4 is 32.3 Å². The summed E-state index contributed by atoms with van der Waals surface area (Å²) in [6, 6.07) is 22.7. The second-order valence-corrected chi connectivity index (χ2v) is 5.81. The molecule has 0 bridgehead atoms. The Hall–Kier alpha value is -2.86. The molecule has 4 aromatic rings. The molecule has 24 heavy (non-hydrogen) atoms. The lowest BCUT2D eigenvalue weighted by atomic mass is 9.93. The highest BCUT2D eigenvalue weighted by molar-refractivity contribution is 6.13. The summed E-state index contributed by atoms with van der Waals surface area (Å²) < 4.78 is 0. The Balaban J connectivity index is 2.10. The fourth-order valence-electron chi connectivity index (χ4n) is 3.28. The minimum Gasteiger partial charge on any atom is -0.384 e. The Morgan fingerprint density at radius 2 is 1.50 bits per heavy atom. The summed E-state index contributed by atoms with van der Waals surface area (Å²) in [5.41, 5.74) is 0.773. The van der Waals surface area contributed by atoms with E-state index in [1.807, 2.05) is 30.3 Å². The van der Waals surface area contributed by atoms with E-state index in [0.717, 1.165) is 27.1 Å². The van der Waals surface area contributed by atoms with Crippen molar-refractivity contribution in [1.29, 1.82) is 0 Å². The Bertz CT molecular complexity index is 1120. The third-order valence-corrected chi connectivity index (χ3v) is 4.37. The minimum atomic E-state index is -0.919. The molecule has 0 radical (unpaired) electrons. The summed E-state index contributed by atoms with van der Waals surface area (Å²) in [5.74, 6) is 5.24. The molecular weight excluding hydrogens is 296 g/mol. The summed E-state index contributed by atoms with van der Waals surface area (Å²) >= 11 is 0. The maximum absolute atomic E-state index is 10.4. The Kier molecular flexibility index (Phi) is 3.66. The highest BCUT2D eigenvalue weighted by Crippen LogP contribution is 2.33. The lowest BCUT2D eigenvalue weighted by molar-refractivity contribution is 0.239. The standard InChI is InChI=1S/C22H16O2/c23-12-4-9-21(24)19-8-3-7-15-10-11-18-13-16-5-1-2-6-17(16)14-20(18)22(15)19/h1-3,5-8,10-11,13-14,21,23-24H,12H2. The zero-order valence-corrected chi connectivity index (χ0v) is 13.0. The monoisotopic (exact) mass is 312 g/mol. The van der Waals surface area contributed by atoms with Crippen LogP contribution in [0.4, 0.5) is 0 Å². The molecule has 0 amide bonds. The normalized spacial score (nSPS) is 12.2. The third kappa shape index (κ3) is 2.41. The van der Waals surface area contributed by atoms with E-state index in [0.29, 0.717) is 0 Å². The number of fused-ring (bicyclic) bond motifs is 4. The van der Waals surface area contributed by atoms with Crippen molar-refractivity contribution in [3.05, 3.63) is 72.3 Å². The van der Waals surface area contributed by atoms with Crippen LogP contribution in [0.15, 0.2) is 66.7 Å². The van der Waals surface area contributed by atoms with E-state index in [1.165, 1.54) is 10.8 Å². The van der Waals surface area contributed by atoms with Crippen molar-refractivity contribution < 1.29 is 10.2 Å². The largest absolute Gasteiger partial charge is 0.384 e. The van der Waals surface area contributed by atoms with Crippen LogP contribution in [-0.2, 0) is 0 Å². The van der Waals surface area contributed by atoms with Crippen LogP contribution in [0, 0.1) is 11.8 Å². The molecular formula is C22H16O2. The van der Waals surface area contributed by atoms with Crippen molar-refractivity contribution in [3.63, 3.8) is 0 Å². The van der Waals surface area contributed by atoms with Crippen LogP contribution in [0.3, 0.4) is 0 Å². The summed E-state index contributed by atoms with van der Waals surface area (Å²) in [6.07, 6.45) is -0.919. The third-order valence-electron chi connectivity index (χ3n) is 4.37. The molecule has 116 valence electrons. The maximum atomic E-state index is 10.4. The van der Waals surface area contributed by atoms with E-state index in [-0.39, 0.29) is 6.61 Å². The van der Waals surface area contributed by atoms with Crippen LogP contribution in [0.5, 0.6) is 0 Å². The first-order valence-electron chi connectivity index (χ1n) is 7.89. The number of aliphatic hydroxyl groups is 2. The van der Waals surface area contributed by atoms with Gasteiger partial charge in [-0.1, -0.05) is 66.4 Å². The van der Waals surface area contributed by atoms with E-state index in [9.17, 15) is 5.11 Å². The number of rotatable bonds is 1. The topological polar surface area (TPSA) is 40.5 Å². The molecule has 0 spiro atoms. The molecule has 0 aliphatic heterocycles. The Morgan fingerprint density at radius 1 is 0.792 bits per heavy atom. The van der Waals surface area contributed by atoms with Crippen LogP contribution in [0.1, 0.15) is 11.7 Å². The average Bonchev–Trinajstić information content (AvgIpc) is 2.63. The average molecular weight is 312 g/mol. The van der Waals surface area contributed by atoms with Crippen LogP contribution >= 0.6 is 0 Å². The number of benzene rings is 4. The van der Waals surface area contributed by atoms with Crippen LogP contribution in [0.25, 0.3) is 32.3 Å². The van der Waals surface area contributed by atoms with Gasteiger partial charge in [0.15, 0.2) is 0 Å². The SMILES string of the molecule is OCC#CC(O)c1cccc2ccc3cc4ccccc4cc3c12. The Labute approximate surface area is 140 Å². The lowest BCUT2D eigenvalue weighted by Gasteiger charge is -2.12. The summed E-state index contributed by atoms with van der Waals surface area (Å²) in [5, 5.41) is 26.0. The van der Waals surface area contributed by atoms with Crippen molar-refractivity contribution in [2.24, 2.45) is 0 Å². The predicted molar refractivity (Wildman–Crippen MR) is 98.8 cm³/mol. The molecule has 0 aliphatic carbocycles. The first kappa shape index (κ1) is 14.7. The zero-order chi connectivity index (χ0) is 16.5. The maximum Gasteiger partial charge on any atom is 0.140 e. The fourth-order valence-corrected chi connectivity index (χ4v) is 3.28. The molecule has 0 aromatic heterocycles. The van der Waals surface area contributed by atoms with Gasteiger partial charge in [0.25, 0.3) is 0 Å². The minimum absolute atomic E-state index is 0.257. The van der Waals surface area contributed by atoms with Crippen molar-refractivity contribution in [1.82, 2.24) is 0 Å². The van der Waals surface area contributed by atoms with E-state index in [2.05, 4.69) is 48.2 Å². The molecule has 2 nitrogen and oxygen atoms in total. The summed E-state index contributed by atoms with van der Waals surface area (Å²) in [4.78, 5) is 0. The fraction of sp³-hybridized carbons (Fsp3) is 0.0909. The van der Waals surface area contributed by atoms with Gasteiger partial charge in [0.2, 0.25) is 0 Å². The molecule has 0 heterocycles. The van der Waals surface area contributed by atoms with Crippen LogP contribution in [-0.4, -0.2) is 16.8 Å². The number of aliphatic hydroxyl groups excluding tert-OH is 2. The van der Waals surface area contributed by atoms with Crippen molar-refractivity contribution in [2.75, 3.05) is 6.61 Å². The molecule has 2 N–H and O–H groups in total. The molecule has 4 aromatic carbocycles. The molecule has 0 saturated heterocycles. The first-order valence-corrected chi connectivity index (χ1v) is 7.89. The van der Waals surface area contributed by atoms with Gasteiger partial charge in [-0.15, -0.1) is 0 Å². The highest BCUT2D eigenvalue weighted by Gasteiger charge is 2.12. The predicted octanol–water partition coefficient (Wildman–Crippen LogP) is 4.18. The highest BCUT2D eigenvalue weighted by atomic mass is 16.3. The van der Waals surface area contributed by atoms with Gasteiger partial charge in [-0.3, -0.25) is 0 Å². The number of hydrogen-bond acceptors (Lipinski definition) is 2. The van der Waals surface area contributed by atoms with Gasteiger partial charge in [-0.2, -0.15) is 0 Å². The molecule has 4 rings (SSSR count). The summed E-state index contributed by atoms with van der Waals surface area (Å²) in [7, 11) is 0.